The van der Waals surface area contributed by atoms with Crippen molar-refractivity contribution in [3.8, 4) is 0 Å². The predicted octanol–water partition coefficient (Wildman–Crippen LogP) is 5.70. The van der Waals surface area contributed by atoms with Crippen molar-refractivity contribution in [3.63, 3.8) is 0 Å². The highest BCUT2D eigenvalue weighted by Gasteiger charge is 2.54. The monoisotopic (exact) mass is 702 g/mol. The number of hydrogen-bond donors (Lipinski definition) is 6. The summed E-state index contributed by atoms with van der Waals surface area (Å²) in [5, 5.41) is 31.2. The molecule has 4 amide bonds. The molecule has 3 rings (SSSR count). The highest BCUT2D eigenvalue weighted by atomic mass is 32.2. The first-order valence-electron chi connectivity index (χ1n) is 14.8. The molecule has 0 saturated heterocycles. The molecule has 0 aliphatic carbocycles. The van der Waals surface area contributed by atoms with E-state index in [0.717, 1.165) is 28.1 Å². The molecule has 0 saturated carbocycles. The zero-order valence-corrected chi connectivity index (χ0v) is 29.7. The van der Waals surface area contributed by atoms with Crippen molar-refractivity contribution in [1.82, 2.24) is 15.2 Å². The van der Waals surface area contributed by atoms with Crippen LogP contribution in [0.25, 0.3) is 0 Å². The first-order chi connectivity index (χ1) is 22.0. The molecule has 48 heavy (non-hydrogen) atoms. The third kappa shape index (κ3) is 9.22. The number of carbonyl (C=O) groups is 4. The molecule has 0 bridgehead atoms. The molecule has 16 heteroatoms. The third-order valence-corrected chi connectivity index (χ3v) is 9.37. The molecule has 260 valence electrons. The number of nitrogens with one attached hydrogen (secondary N) is 4. The van der Waals surface area contributed by atoms with E-state index in [0.29, 0.717) is 29.9 Å². The molecule has 1 unspecified atom stereocenters. The fourth-order valence-corrected chi connectivity index (χ4v) is 6.63. The minimum atomic E-state index is -3.40. The summed E-state index contributed by atoms with van der Waals surface area (Å²) in [5.74, 6) is -2.59. The zero-order chi connectivity index (χ0) is 36.2. The van der Waals surface area contributed by atoms with Crippen molar-refractivity contribution in [2.75, 3.05) is 22.2 Å². The summed E-state index contributed by atoms with van der Waals surface area (Å²) in [6.45, 7) is 11.5. The lowest BCUT2D eigenvalue weighted by atomic mass is 9.82. The number of aromatic nitrogens is 1. The van der Waals surface area contributed by atoms with Crippen molar-refractivity contribution in [1.29, 1.82) is 0 Å². The van der Waals surface area contributed by atoms with Gasteiger partial charge in [0, 0.05) is 35.5 Å². The highest BCUT2D eigenvalue weighted by molar-refractivity contribution is 7.90. The van der Waals surface area contributed by atoms with Gasteiger partial charge in [-0.15, -0.1) is 0 Å². The van der Waals surface area contributed by atoms with E-state index in [2.05, 4.69) is 26.3 Å². The minimum absolute atomic E-state index is 0.115. The number of amides is 4. The Labute approximate surface area is 283 Å². The van der Waals surface area contributed by atoms with E-state index in [9.17, 15) is 37.8 Å². The van der Waals surface area contributed by atoms with Crippen LogP contribution in [0, 0.1) is 5.41 Å². The largest absolute Gasteiger partial charge is 0.465 e. The number of anilines is 3. The zero-order valence-electron chi connectivity index (χ0n) is 28.1. The van der Waals surface area contributed by atoms with Gasteiger partial charge in [0.25, 0.3) is 5.91 Å². The average molecular weight is 703 g/mol. The Morgan fingerprint density at radius 1 is 0.854 bits per heavy atom. The van der Waals surface area contributed by atoms with Crippen LogP contribution in [-0.4, -0.2) is 70.1 Å². The Balaban J connectivity index is 1.87. The van der Waals surface area contributed by atoms with Gasteiger partial charge in [0.1, 0.15) is 4.88 Å². The van der Waals surface area contributed by atoms with Gasteiger partial charge in [0.15, 0.2) is 15.0 Å². The number of aryl methyl sites for hydroxylation is 2. The number of benzene rings is 2. The number of nitrogens with zero attached hydrogens (tertiary/aromatic N) is 2. The van der Waals surface area contributed by atoms with Gasteiger partial charge in [-0.2, -0.15) is 0 Å². The smallest absolute Gasteiger partial charge is 0.411 e. The van der Waals surface area contributed by atoms with E-state index in [4.69, 9.17) is 0 Å². The second kappa shape index (κ2) is 14.2. The summed E-state index contributed by atoms with van der Waals surface area (Å²) in [6.07, 6.45) is -0.872. The van der Waals surface area contributed by atoms with Gasteiger partial charge in [-0.1, -0.05) is 44.2 Å². The summed E-state index contributed by atoms with van der Waals surface area (Å²) in [6, 6.07) is 12.8. The number of carbonyl (C=O) groups excluding carboxylic acids is 2. The maximum absolute atomic E-state index is 13.3. The molecule has 0 fully saturated rings. The summed E-state index contributed by atoms with van der Waals surface area (Å²) in [7, 11) is -3.40. The van der Waals surface area contributed by atoms with Crippen LogP contribution in [0.15, 0.2) is 53.4 Å². The van der Waals surface area contributed by atoms with Crippen LogP contribution in [0.1, 0.15) is 69.4 Å². The van der Waals surface area contributed by atoms with Gasteiger partial charge in [-0.25, -0.2) is 23.0 Å². The Bertz CT molecular complexity index is 1780. The van der Waals surface area contributed by atoms with Gasteiger partial charge in [0.05, 0.1) is 10.6 Å². The van der Waals surface area contributed by atoms with Crippen LogP contribution >= 0.6 is 11.3 Å². The van der Waals surface area contributed by atoms with Crippen LogP contribution < -0.4 is 21.3 Å². The predicted molar refractivity (Wildman–Crippen MR) is 184 cm³/mol. The van der Waals surface area contributed by atoms with Crippen LogP contribution in [0.3, 0.4) is 0 Å². The maximum Gasteiger partial charge on any atom is 0.411 e. The maximum atomic E-state index is 13.3. The molecule has 2 aromatic carbocycles. The van der Waals surface area contributed by atoms with Gasteiger partial charge >= 0.3 is 12.2 Å². The first kappa shape index (κ1) is 37.8. The molecule has 1 aromatic heterocycles. The molecular formula is C32H42N6O8S2. The summed E-state index contributed by atoms with van der Waals surface area (Å²) in [4.78, 5) is 55.4. The Kier molecular flexibility index (Phi) is 11.2. The summed E-state index contributed by atoms with van der Waals surface area (Å²) < 4.78 is 23.6. The number of thiazole rings is 1. The average Bonchev–Trinajstić information content (AvgIpc) is 3.32. The van der Waals surface area contributed by atoms with Gasteiger partial charge in [0.2, 0.25) is 11.7 Å². The topological polar surface area (TPSA) is 207 Å². The number of hydrogen-bond acceptors (Lipinski definition) is 9. The van der Waals surface area contributed by atoms with Crippen molar-refractivity contribution < 1.29 is 37.8 Å². The van der Waals surface area contributed by atoms with Crippen molar-refractivity contribution in [3.05, 3.63) is 64.7 Å². The fourth-order valence-electron chi connectivity index (χ4n) is 5.04. The van der Waals surface area contributed by atoms with Crippen LogP contribution in [0.5, 0.6) is 0 Å². The first-order valence-corrected chi connectivity index (χ1v) is 17.5. The standard InChI is InChI=1S/C32H42N6O8S2/c1-19(39)33-27-35-24(25(47-27)26(40)34-21-14-16-23(17-15-21)48(8,45)46)18-11-20-9-12-22(13-10-20)36-32(30(2,3)4,37-28(41)42)38(29(43)44)31(5,6)7/h9-10,12-17,36-37H,11,18H2,1-8H3,(H,34,40)(H,41,42)(H,43,44)(H,33,35,39). The lowest BCUT2D eigenvalue weighted by Gasteiger charge is -2.55. The lowest BCUT2D eigenvalue weighted by molar-refractivity contribution is -0.114. The van der Waals surface area contributed by atoms with E-state index in [1.165, 1.54) is 31.2 Å². The number of rotatable bonds is 11. The molecule has 14 nitrogen and oxygen atoms in total. The van der Waals surface area contributed by atoms with Crippen molar-refractivity contribution in [2.45, 2.75) is 77.5 Å². The third-order valence-electron chi connectivity index (χ3n) is 7.23. The van der Waals surface area contributed by atoms with Crippen molar-refractivity contribution in [2.24, 2.45) is 5.41 Å². The molecule has 1 atom stereocenters. The van der Waals surface area contributed by atoms with Crippen LogP contribution in [0.2, 0.25) is 0 Å². The fraction of sp³-hybridized carbons (Fsp3) is 0.406. The second-order valence-electron chi connectivity index (χ2n) is 13.2. The van der Waals surface area contributed by atoms with Gasteiger partial charge < -0.3 is 26.2 Å². The lowest BCUT2D eigenvalue weighted by Crippen LogP contribution is -2.76. The highest BCUT2D eigenvalue weighted by Crippen LogP contribution is 2.39. The Morgan fingerprint density at radius 3 is 1.88 bits per heavy atom. The van der Waals surface area contributed by atoms with E-state index in [1.807, 2.05) is 0 Å². The molecule has 6 N–H and O–H groups in total. The minimum Gasteiger partial charge on any atom is -0.465 e. The van der Waals surface area contributed by atoms with E-state index in [1.54, 1.807) is 65.8 Å². The molecular weight excluding hydrogens is 661 g/mol. The quantitative estimate of drug-likeness (QED) is 0.134. The van der Waals surface area contributed by atoms with E-state index in [-0.39, 0.29) is 20.8 Å². The summed E-state index contributed by atoms with van der Waals surface area (Å²) in [5.41, 5.74) is 0.168. The van der Waals surface area contributed by atoms with E-state index < -0.39 is 44.7 Å². The molecule has 0 radical (unpaired) electrons. The molecule has 0 aliphatic rings. The number of carboxylic acid groups (broad SMARTS) is 2. The Hall–Kier alpha value is -4.70. The van der Waals surface area contributed by atoms with Gasteiger partial charge in [-0.3, -0.25) is 19.8 Å². The number of sulfone groups is 1. The Morgan fingerprint density at radius 2 is 1.42 bits per heavy atom. The van der Waals surface area contributed by atoms with Crippen molar-refractivity contribution >= 4 is 61.7 Å². The molecule has 0 aliphatic heterocycles. The molecule has 1 heterocycles. The van der Waals surface area contributed by atoms with Gasteiger partial charge in [-0.05, 0) is 75.6 Å². The van der Waals surface area contributed by atoms with Crippen LogP contribution in [-0.2, 0) is 27.5 Å². The van der Waals surface area contributed by atoms with E-state index >= 15 is 0 Å². The SMILES string of the molecule is CC(=O)Nc1nc(CCc2ccc(NC(NC(=O)O)(N(C(=O)O)C(C)(C)C)C(C)(C)C)cc2)c(C(=O)Nc2ccc(S(C)(=O)=O)cc2)s1. The second-order valence-corrected chi connectivity index (χ2v) is 16.2. The molecule has 0 spiro atoms. The normalized spacial score (nSPS) is 13.2. The summed E-state index contributed by atoms with van der Waals surface area (Å²) >= 11 is 1.01. The molecule has 3 aromatic rings. The van der Waals surface area contributed by atoms with Crippen LogP contribution in [0.4, 0.5) is 26.1 Å².